The summed E-state index contributed by atoms with van der Waals surface area (Å²) >= 11 is 0. The van der Waals surface area contributed by atoms with Crippen molar-refractivity contribution in [3.63, 3.8) is 0 Å². The van der Waals surface area contributed by atoms with Gasteiger partial charge in [0.1, 0.15) is 0 Å². The fraction of sp³-hybridized carbons (Fsp3) is 0.267. The molecule has 0 fully saturated rings. The Morgan fingerprint density at radius 3 is 2.63 bits per heavy atom. The molecule has 0 amide bonds. The number of aliphatic hydroxyl groups is 1. The maximum absolute atomic E-state index is 10.8. The number of halogens is 1. The minimum absolute atomic E-state index is 0. The zero-order valence-corrected chi connectivity index (χ0v) is 11.3. The first-order chi connectivity index (χ1) is 8.78. The van der Waals surface area contributed by atoms with Gasteiger partial charge >= 0.3 is 0 Å². The highest BCUT2D eigenvalue weighted by Gasteiger charge is 2.37. The molecule has 0 radical (unpaired) electrons. The van der Waals surface area contributed by atoms with Gasteiger partial charge in [-0.05, 0) is 12.0 Å². The summed E-state index contributed by atoms with van der Waals surface area (Å²) in [4.78, 5) is 0. The Kier molecular flexibility index (Phi) is 4.20. The molecule has 1 atom stereocenters. The minimum Gasteiger partial charge on any atom is -1.00 e. The van der Waals surface area contributed by atoms with Crippen molar-refractivity contribution in [3.05, 3.63) is 66.0 Å². The molecular weight excluding hydrogens is 260 g/mol. The van der Waals surface area contributed by atoms with Gasteiger partial charge in [0.2, 0.25) is 5.72 Å². The fourth-order valence-electron chi connectivity index (χ4n) is 2.59. The summed E-state index contributed by atoms with van der Waals surface area (Å²) in [6.07, 6.45) is 4.91. The molecule has 2 N–H and O–H groups in total. The largest absolute Gasteiger partial charge is 1.00 e. The van der Waals surface area contributed by atoms with Gasteiger partial charge in [-0.3, -0.25) is 5.32 Å². The molecule has 2 heterocycles. The van der Waals surface area contributed by atoms with Crippen molar-refractivity contribution < 1.29 is 22.1 Å². The highest BCUT2D eigenvalue weighted by atomic mass is 35.5. The van der Waals surface area contributed by atoms with E-state index in [1.165, 1.54) is 5.56 Å². The summed E-state index contributed by atoms with van der Waals surface area (Å²) < 4.78 is 2.00. The van der Waals surface area contributed by atoms with Gasteiger partial charge in [-0.15, -0.1) is 0 Å². The van der Waals surface area contributed by atoms with Gasteiger partial charge in [-0.25, -0.2) is 4.57 Å². The standard InChI is InChI=1S/C15H17N2O.ClH/c18-15(12-17-10-4-1-5-11-17)14-7-3-2-6-13(14)8-9-16-15;/h1-7,10-11,16,18H,8-9,12H2;1H/q+1;/p-1. The van der Waals surface area contributed by atoms with Gasteiger partial charge < -0.3 is 17.5 Å². The second-order valence-electron chi connectivity index (χ2n) is 4.74. The summed E-state index contributed by atoms with van der Waals surface area (Å²) in [6, 6.07) is 14.0. The molecule has 1 aromatic heterocycles. The van der Waals surface area contributed by atoms with Crippen molar-refractivity contribution in [2.45, 2.75) is 18.7 Å². The van der Waals surface area contributed by atoms with Crippen molar-refractivity contribution in [1.29, 1.82) is 0 Å². The van der Waals surface area contributed by atoms with E-state index in [0.29, 0.717) is 6.54 Å². The average Bonchev–Trinajstić information content (AvgIpc) is 2.40. The molecule has 0 saturated carbocycles. The van der Waals surface area contributed by atoms with Crippen molar-refractivity contribution in [2.75, 3.05) is 6.54 Å². The van der Waals surface area contributed by atoms with Crippen LogP contribution < -0.4 is 22.3 Å². The molecular formula is C15H17ClN2O. The second-order valence-corrected chi connectivity index (χ2v) is 4.74. The predicted octanol–water partition coefficient (Wildman–Crippen LogP) is -2.03. The Labute approximate surface area is 119 Å². The molecule has 0 bridgehead atoms. The average molecular weight is 277 g/mol. The van der Waals surface area contributed by atoms with Crippen LogP contribution in [0.15, 0.2) is 54.9 Å². The van der Waals surface area contributed by atoms with Crippen LogP contribution in [0.5, 0.6) is 0 Å². The summed E-state index contributed by atoms with van der Waals surface area (Å²) in [5.74, 6) is 0. The minimum atomic E-state index is -0.971. The molecule has 1 aliphatic rings. The number of nitrogens with one attached hydrogen (secondary N) is 1. The number of rotatable bonds is 2. The van der Waals surface area contributed by atoms with Crippen molar-refractivity contribution >= 4 is 0 Å². The van der Waals surface area contributed by atoms with E-state index >= 15 is 0 Å². The number of hydrogen-bond acceptors (Lipinski definition) is 2. The lowest BCUT2D eigenvalue weighted by Gasteiger charge is -2.33. The number of benzene rings is 1. The number of nitrogens with zero attached hydrogens (tertiary/aromatic N) is 1. The van der Waals surface area contributed by atoms with Gasteiger partial charge in [-0.1, -0.05) is 30.3 Å². The first kappa shape index (κ1) is 14.0. The molecule has 1 unspecified atom stereocenters. The van der Waals surface area contributed by atoms with Crippen molar-refractivity contribution in [2.24, 2.45) is 0 Å². The lowest BCUT2D eigenvalue weighted by Crippen LogP contribution is -3.00. The van der Waals surface area contributed by atoms with Gasteiger partial charge in [0, 0.05) is 24.2 Å². The summed E-state index contributed by atoms with van der Waals surface area (Å²) in [7, 11) is 0. The van der Waals surface area contributed by atoms with Crippen LogP contribution in [-0.2, 0) is 18.7 Å². The quantitative estimate of drug-likeness (QED) is 0.621. The van der Waals surface area contributed by atoms with Crippen molar-refractivity contribution in [3.8, 4) is 0 Å². The van der Waals surface area contributed by atoms with Gasteiger partial charge in [0.05, 0.1) is 0 Å². The van der Waals surface area contributed by atoms with E-state index in [1.54, 1.807) is 0 Å². The van der Waals surface area contributed by atoms with Crippen LogP contribution in [0.2, 0.25) is 0 Å². The molecule has 0 spiro atoms. The van der Waals surface area contributed by atoms with Crippen LogP contribution in [-0.4, -0.2) is 11.7 Å². The van der Waals surface area contributed by atoms with Crippen molar-refractivity contribution in [1.82, 2.24) is 5.32 Å². The van der Waals surface area contributed by atoms with E-state index in [-0.39, 0.29) is 12.4 Å². The van der Waals surface area contributed by atoms with Crippen LogP contribution in [0.3, 0.4) is 0 Å². The van der Waals surface area contributed by atoms with Crippen LogP contribution in [0, 0.1) is 0 Å². The molecule has 1 aromatic carbocycles. The third kappa shape index (κ3) is 2.78. The summed E-state index contributed by atoms with van der Waals surface area (Å²) in [5, 5.41) is 14.1. The summed E-state index contributed by atoms with van der Waals surface area (Å²) in [5.41, 5.74) is 1.25. The molecule has 4 heteroatoms. The maximum Gasteiger partial charge on any atom is 0.203 e. The third-order valence-electron chi connectivity index (χ3n) is 3.46. The first-order valence-electron chi connectivity index (χ1n) is 6.28. The predicted molar refractivity (Wildman–Crippen MR) is 68.7 cm³/mol. The third-order valence-corrected chi connectivity index (χ3v) is 3.46. The Morgan fingerprint density at radius 2 is 1.84 bits per heavy atom. The fourth-order valence-corrected chi connectivity index (χ4v) is 2.59. The number of fused-ring (bicyclic) bond motifs is 1. The topological polar surface area (TPSA) is 36.1 Å². The Balaban J connectivity index is 0.00000133. The SMILES string of the molecule is OC1(C[n+]2ccccc2)NCCc2ccccc21.[Cl-]. The van der Waals surface area contributed by atoms with E-state index in [9.17, 15) is 5.11 Å². The zero-order chi connectivity index (χ0) is 12.4. The maximum atomic E-state index is 10.8. The lowest BCUT2D eigenvalue weighted by atomic mass is 9.91. The van der Waals surface area contributed by atoms with Crippen LogP contribution in [0.25, 0.3) is 0 Å². The monoisotopic (exact) mass is 276 g/mol. The highest BCUT2D eigenvalue weighted by molar-refractivity contribution is 5.33. The zero-order valence-electron chi connectivity index (χ0n) is 10.6. The Hall–Kier alpha value is -1.42. The molecule has 0 aliphatic carbocycles. The van der Waals surface area contributed by atoms with E-state index in [4.69, 9.17) is 0 Å². The van der Waals surface area contributed by atoms with Crippen LogP contribution in [0.1, 0.15) is 11.1 Å². The number of hydrogen-bond donors (Lipinski definition) is 2. The summed E-state index contributed by atoms with van der Waals surface area (Å²) in [6.45, 7) is 1.33. The number of aromatic nitrogens is 1. The van der Waals surface area contributed by atoms with E-state index in [2.05, 4.69) is 11.4 Å². The van der Waals surface area contributed by atoms with Gasteiger partial charge in [0.25, 0.3) is 0 Å². The molecule has 2 aromatic rings. The number of pyridine rings is 1. The van der Waals surface area contributed by atoms with Gasteiger partial charge in [0.15, 0.2) is 18.9 Å². The lowest BCUT2D eigenvalue weighted by molar-refractivity contribution is -0.713. The van der Waals surface area contributed by atoms with E-state index < -0.39 is 5.72 Å². The highest BCUT2D eigenvalue weighted by Crippen LogP contribution is 2.26. The second kappa shape index (κ2) is 5.70. The molecule has 100 valence electrons. The molecule has 19 heavy (non-hydrogen) atoms. The van der Waals surface area contributed by atoms with Crippen LogP contribution in [0.4, 0.5) is 0 Å². The van der Waals surface area contributed by atoms with Crippen LogP contribution >= 0.6 is 0 Å². The normalized spacial score (nSPS) is 21.3. The van der Waals surface area contributed by atoms with Gasteiger partial charge in [-0.2, -0.15) is 0 Å². The van der Waals surface area contributed by atoms with E-state index in [0.717, 1.165) is 18.5 Å². The Bertz CT molecular complexity index is 547. The first-order valence-corrected chi connectivity index (χ1v) is 6.28. The molecule has 0 saturated heterocycles. The molecule has 3 nitrogen and oxygen atoms in total. The molecule has 1 aliphatic heterocycles. The molecule has 3 rings (SSSR count). The van der Waals surface area contributed by atoms with E-state index in [1.807, 2.05) is 53.4 Å². The Morgan fingerprint density at radius 1 is 1.11 bits per heavy atom. The smallest absolute Gasteiger partial charge is 0.203 e.